The number of benzene rings is 1. The number of likely N-dealkylation sites (N-methyl/N-ethyl adjacent to an activating group) is 1. The van der Waals surface area contributed by atoms with Crippen LogP contribution in [0.5, 0.6) is 0 Å². The molecule has 0 radical (unpaired) electrons. The molecule has 0 bridgehead atoms. The number of thiocarbonyl (C=S) groups is 1. The van der Waals surface area contributed by atoms with Gasteiger partial charge in [0.05, 0.1) is 4.91 Å². The quantitative estimate of drug-likeness (QED) is 0.514. The first kappa shape index (κ1) is 16.5. The number of amides is 1. The number of carbonyl (C=O) groups excluding carboxylic acids is 1. The zero-order valence-corrected chi connectivity index (χ0v) is 15.8. The molecule has 118 valence electrons. The van der Waals surface area contributed by atoms with Crippen molar-refractivity contribution < 1.29 is 9.21 Å². The maximum atomic E-state index is 12.2. The van der Waals surface area contributed by atoms with Crippen LogP contribution in [0.1, 0.15) is 18.2 Å². The predicted octanol–water partition coefficient (Wildman–Crippen LogP) is 5.24. The van der Waals surface area contributed by atoms with Crippen LogP contribution in [-0.4, -0.2) is 21.7 Å². The first-order chi connectivity index (χ1) is 11.0. The zero-order valence-electron chi connectivity index (χ0n) is 12.6. The molecule has 23 heavy (non-hydrogen) atoms. The number of furan rings is 1. The van der Waals surface area contributed by atoms with E-state index in [0.29, 0.717) is 21.5 Å². The molecule has 1 aliphatic rings. The van der Waals surface area contributed by atoms with E-state index in [1.165, 1.54) is 17.3 Å². The SMILES string of the molecule is CCN1C(=O)/C(=C\c2ccc(-c3ccc(C)cc3Br)o2)SC1=S. The summed E-state index contributed by atoms with van der Waals surface area (Å²) in [6.45, 7) is 4.53. The van der Waals surface area contributed by atoms with Crippen LogP contribution in [0.15, 0.2) is 44.1 Å². The fourth-order valence-electron chi connectivity index (χ4n) is 2.30. The summed E-state index contributed by atoms with van der Waals surface area (Å²) >= 11 is 10.1. The highest BCUT2D eigenvalue weighted by atomic mass is 79.9. The molecule has 3 nitrogen and oxygen atoms in total. The van der Waals surface area contributed by atoms with Crippen LogP contribution in [0, 0.1) is 6.92 Å². The molecular formula is C17H14BrNO2S2. The molecule has 2 heterocycles. The summed E-state index contributed by atoms with van der Waals surface area (Å²) in [5.41, 5.74) is 2.16. The Hall–Kier alpha value is -1.37. The Morgan fingerprint density at radius 2 is 2.13 bits per heavy atom. The van der Waals surface area contributed by atoms with Crippen molar-refractivity contribution in [3.8, 4) is 11.3 Å². The van der Waals surface area contributed by atoms with E-state index in [9.17, 15) is 4.79 Å². The highest BCUT2D eigenvalue weighted by molar-refractivity contribution is 9.10. The first-order valence-corrected chi connectivity index (χ1v) is 9.13. The second-order valence-electron chi connectivity index (χ2n) is 5.11. The lowest BCUT2D eigenvalue weighted by Gasteiger charge is -2.09. The summed E-state index contributed by atoms with van der Waals surface area (Å²) in [6, 6.07) is 9.86. The lowest BCUT2D eigenvalue weighted by molar-refractivity contribution is -0.121. The molecular weight excluding hydrogens is 394 g/mol. The average Bonchev–Trinajstić information content (AvgIpc) is 3.05. The largest absolute Gasteiger partial charge is 0.457 e. The molecule has 1 aromatic carbocycles. The fraction of sp³-hybridized carbons (Fsp3) is 0.176. The first-order valence-electron chi connectivity index (χ1n) is 7.11. The topological polar surface area (TPSA) is 33.5 Å². The number of carbonyl (C=O) groups is 1. The van der Waals surface area contributed by atoms with E-state index >= 15 is 0 Å². The highest BCUT2D eigenvalue weighted by Crippen LogP contribution is 2.34. The predicted molar refractivity (Wildman–Crippen MR) is 102 cm³/mol. The maximum absolute atomic E-state index is 12.2. The average molecular weight is 408 g/mol. The van der Waals surface area contributed by atoms with Gasteiger partial charge in [0, 0.05) is 22.7 Å². The van der Waals surface area contributed by atoms with Crippen molar-refractivity contribution in [1.82, 2.24) is 4.90 Å². The molecule has 0 aliphatic carbocycles. The van der Waals surface area contributed by atoms with Gasteiger partial charge < -0.3 is 4.42 Å². The molecule has 0 saturated carbocycles. The summed E-state index contributed by atoms with van der Waals surface area (Å²) in [6.07, 6.45) is 1.75. The summed E-state index contributed by atoms with van der Waals surface area (Å²) in [5, 5.41) is 0. The number of halogens is 1. The van der Waals surface area contributed by atoms with Crippen LogP contribution in [0.2, 0.25) is 0 Å². The Kier molecular flexibility index (Phi) is 4.75. The number of thioether (sulfide) groups is 1. The maximum Gasteiger partial charge on any atom is 0.266 e. The summed E-state index contributed by atoms with van der Waals surface area (Å²) in [5.74, 6) is 1.34. The lowest BCUT2D eigenvalue weighted by atomic mass is 10.1. The minimum Gasteiger partial charge on any atom is -0.457 e. The van der Waals surface area contributed by atoms with Gasteiger partial charge in [-0.25, -0.2) is 0 Å². The van der Waals surface area contributed by atoms with E-state index < -0.39 is 0 Å². The van der Waals surface area contributed by atoms with Gasteiger partial charge in [0.1, 0.15) is 15.8 Å². The van der Waals surface area contributed by atoms with Gasteiger partial charge in [-0.15, -0.1) is 0 Å². The Balaban J connectivity index is 1.90. The van der Waals surface area contributed by atoms with E-state index in [0.717, 1.165) is 15.8 Å². The lowest BCUT2D eigenvalue weighted by Crippen LogP contribution is -2.27. The monoisotopic (exact) mass is 407 g/mol. The molecule has 1 fully saturated rings. The summed E-state index contributed by atoms with van der Waals surface area (Å²) in [4.78, 5) is 14.4. The second-order valence-corrected chi connectivity index (χ2v) is 7.64. The third kappa shape index (κ3) is 3.29. The van der Waals surface area contributed by atoms with Crippen molar-refractivity contribution in [2.45, 2.75) is 13.8 Å². The molecule has 0 unspecified atom stereocenters. The van der Waals surface area contributed by atoms with Crippen molar-refractivity contribution in [2.24, 2.45) is 0 Å². The zero-order chi connectivity index (χ0) is 16.6. The van der Waals surface area contributed by atoms with Gasteiger partial charge in [-0.1, -0.05) is 46.0 Å². The third-order valence-electron chi connectivity index (χ3n) is 3.48. The molecule has 6 heteroatoms. The summed E-state index contributed by atoms with van der Waals surface area (Å²) < 4.78 is 7.45. The minimum absolute atomic E-state index is 0.0584. The van der Waals surface area contributed by atoms with E-state index in [4.69, 9.17) is 16.6 Å². The molecule has 1 aromatic heterocycles. The molecule has 0 atom stereocenters. The van der Waals surface area contributed by atoms with Gasteiger partial charge >= 0.3 is 0 Å². The van der Waals surface area contributed by atoms with E-state index in [2.05, 4.69) is 15.9 Å². The molecule has 0 N–H and O–H groups in total. The molecule has 1 saturated heterocycles. The molecule has 1 amide bonds. The van der Waals surface area contributed by atoms with Crippen molar-refractivity contribution in [3.05, 3.63) is 51.0 Å². The van der Waals surface area contributed by atoms with Crippen LogP contribution in [0.3, 0.4) is 0 Å². The number of nitrogens with zero attached hydrogens (tertiary/aromatic N) is 1. The Bertz CT molecular complexity index is 826. The van der Waals surface area contributed by atoms with Gasteiger partial charge in [0.25, 0.3) is 5.91 Å². The van der Waals surface area contributed by atoms with Crippen molar-refractivity contribution >= 4 is 56.2 Å². The molecule has 2 aromatic rings. The van der Waals surface area contributed by atoms with Crippen LogP contribution in [0.4, 0.5) is 0 Å². The Morgan fingerprint density at radius 3 is 2.78 bits per heavy atom. The third-order valence-corrected chi connectivity index (χ3v) is 5.51. The van der Waals surface area contributed by atoms with E-state index in [-0.39, 0.29) is 5.91 Å². The van der Waals surface area contributed by atoms with Crippen LogP contribution < -0.4 is 0 Å². The smallest absolute Gasteiger partial charge is 0.266 e. The number of hydrogen-bond acceptors (Lipinski definition) is 4. The van der Waals surface area contributed by atoms with Crippen molar-refractivity contribution in [1.29, 1.82) is 0 Å². The number of hydrogen-bond donors (Lipinski definition) is 0. The fourth-order valence-corrected chi connectivity index (χ4v) is 4.35. The number of rotatable bonds is 3. The van der Waals surface area contributed by atoms with Crippen LogP contribution >= 0.6 is 39.9 Å². The van der Waals surface area contributed by atoms with Crippen LogP contribution in [-0.2, 0) is 4.79 Å². The summed E-state index contributed by atoms with van der Waals surface area (Å²) in [7, 11) is 0. The molecule has 3 rings (SSSR count). The van der Waals surface area contributed by atoms with Gasteiger partial charge in [-0.3, -0.25) is 9.69 Å². The van der Waals surface area contributed by atoms with Crippen molar-refractivity contribution in [3.63, 3.8) is 0 Å². The molecule has 0 spiro atoms. The van der Waals surface area contributed by atoms with Gasteiger partial charge in [0.2, 0.25) is 0 Å². The standard InChI is InChI=1S/C17H14BrNO2S2/c1-3-19-16(20)15(23-17(19)22)9-11-5-7-14(21-11)12-6-4-10(2)8-13(12)18/h4-9H,3H2,1-2H3/b15-9+. The molecule has 1 aliphatic heterocycles. The normalized spacial score (nSPS) is 16.7. The van der Waals surface area contributed by atoms with E-state index in [1.807, 2.05) is 44.2 Å². The van der Waals surface area contributed by atoms with Crippen molar-refractivity contribution in [2.75, 3.05) is 6.54 Å². The minimum atomic E-state index is -0.0584. The van der Waals surface area contributed by atoms with Gasteiger partial charge in [0.15, 0.2) is 0 Å². The second kappa shape index (κ2) is 6.63. The Morgan fingerprint density at radius 1 is 1.35 bits per heavy atom. The van der Waals surface area contributed by atoms with Crippen LogP contribution in [0.25, 0.3) is 17.4 Å². The van der Waals surface area contributed by atoms with Gasteiger partial charge in [-0.05, 0) is 43.7 Å². The number of aryl methyl sites for hydroxylation is 1. The highest BCUT2D eigenvalue weighted by Gasteiger charge is 2.30. The Labute approximate surface area is 152 Å². The van der Waals surface area contributed by atoms with Gasteiger partial charge in [-0.2, -0.15) is 0 Å². The van der Waals surface area contributed by atoms with E-state index in [1.54, 1.807) is 11.0 Å².